The highest BCUT2D eigenvalue weighted by Crippen LogP contribution is 2.50. The Hall–Kier alpha value is -3.51. The zero-order valence-electron chi connectivity index (χ0n) is 20.3. The standard InChI is InChI=1S/C29H28N4OS/c1-17(2)19-13-15-21(16-14-19)27-24-25(22-7-5-6-8-23(22)34-27)30-28-31-29(35-4)32-33(28)26(24)20-11-9-18(3)10-12-20/h5-17,26-27H,1-4H3,(H,30,31,32). The molecule has 2 aliphatic heterocycles. The fourth-order valence-corrected chi connectivity index (χ4v) is 5.29. The van der Waals surface area contributed by atoms with Crippen molar-refractivity contribution < 1.29 is 4.74 Å². The molecule has 4 aromatic rings. The summed E-state index contributed by atoms with van der Waals surface area (Å²) in [6.07, 6.45) is 1.75. The topological polar surface area (TPSA) is 52.0 Å². The van der Waals surface area contributed by atoms with E-state index in [-0.39, 0.29) is 12.1 Å². The molecule has 0 amide bonds. The van der Waals surface area contributed by atoms with E-state index >= 15 is 0 Å². The molecule has 2 atom stereocenters. The molecule has 1 aromatic heterocycles. The van der Waals surface area contributed by atoms with E-state index in [1.54, 1.807) is 11.8 Å². The van der Waals surface area contributed by atoms with Crippen molar-refractivity contribution in [1.29, 1.82) is 0 Å². The van der Waals surface area contributed by atoms with Crippen molar-refractivity contribution in [1.82, 2.24) is 14.8 Å². The second-order valence-electron chi connectivity index (χ2n) is 9.45. The van der Waals surface area contributed by atoms with Gasteiger partial charge in [-0.25, -0.2) is 4.68 Å². The number of nitrogens with one attached hydrogen (secondary N) is 1. The summed E-state index contributed by atoms with van der Waals surface area (Å²) >= 11 is 1.55. The third-order valence-corrected chi connectivity index (χ3v) is 7.38. The van der Waals surface area contributed by atoms with Crippen LogP contribution in [0.3, 0.4) is 0 Å². The van der Waals surface area contributed by atoms with Gasteiger partial charge in [0.15, 0.2) is 0 Å². The van der Waals surface area contributed by atoms with Gasteiger partial charge in [0.2, 0.25) is 11.1 Å². The Morgan fingerprint density at radius 3 is 2.37 bits per heavy atom. The van der Waals surface area contributed by atoms with Crippen LogP contribution in [0, 0.1) is 6.92 Å². The lowest BCUT2D eigenvalue weighted by Gasteiger charge is -2.39. The summed E-state index contributed by atoms with van der Waals surface area (Å²) in [6.45, 7) is 6.55. The molecule has 176 valence electrons. The lowest BCUT2D eigenvalue weighted by atomic mass is 9.84. The number of hydrogen-bond donors (Lipinski definition) is 1. The molecular weight excluding hydrogens is 452 g/mol. The molecule has 35 heavy (non-hydrogen) atoms. The molecular formula is C29H28N4OS. The summed E-state index contributed by atoms with van der Waals surface area (Å²) in [5.74, 6) is 2.10. The van der Waals surface area contributed by atoms with E-state index in [9.17, 15) is 0 Å². The van der Waals surface area contributed by atoms with Gasteiger partial charge in [0.25, 0.3) is 0 Å². The van der Waals surface area contributed by atoms with E-state index in [1.165, 1.54) is 11.1 Å². The van der Waals surface area contributed by atoms with Crippen LogP contribution < -0.4 is 10.1 Å². The predicted molar refractivity (Wildman–Crippen MR) is 142 cm³/mol. The van der Waals surface area contributed by atoms with Gasteiger partial charge in [0, 0.05) is 11.1 Å². The SMILES string of the molecule is CSc1nc2n(n1)C(c1ccc(C)cc1)C1=C(N2)c2ccccc2OC1c1ccc(C(C)C)cc1. The Bertz CT molecular complexity index is 1420. The van der Waals surface area contributed by atoms with E-state index in [2.05, 4.69) is 86.8 Å². The highest BCUT2D eigenvalue weighted by atomic mass is 32.2. The van der Waals surface area contributed by atoms with Crippen LogP contribution in [0.1, 0.15) is 59.7 Å². The van der Waals surface area contributed by atoms with Gasteiger partial charge in [-0.2, -0.15) is 4.98 Å². The number of anilines is 1. The van der Waals surface area contributed by atoms with Gasteiger partial charge in [0.05, 0.1) is 5.70 Å². The van der Waals surface area contributed by atoms with Crippen molar-refractivity contribution >= 4 is 23.4 Å². The van der Waals surface area contributed by atoms with Crippen LogP contribution in [-0.4, -0.2) is 21.0 Å². The molecule has 2 unspecified atom stereocenters. The summed E-state index contributed by atoms with van der Waals surface area (Å²) in [7, 11) is 0. The smallest absolute Gasteiger partial charge is 0.227 e. The summed E-state index contributed by atoms with van der Waals surface area (Å²) in [6, 6.07) is 25.6. The number of benzene rings is 3. The summed E-state index contributed by atoms with van der Waals surface area (Å²) in [5.41, 5.74) is 8.09. The first-order valence-electron chi connectivity index (χ1n) is 12.0. The zero-order chi connectivity index (χ0) is 24.1. The first-order valence-corrected chi connectivity index (χ1v) is 13.2. The molecule has 2 aliphatic rings. The van der Waals surface area contributed by atoms with Gasteiger partial charge in [-0.1, -0.05) is 91.8 Å². The first-order chi connectivity index (χ1) is 17.0. The maximum Gasteiger partial charge on any atom is 0.227 e. The Morgan fingerprint density at radius 2 is 1.66 bits per heavy atom. The monoisotopic (exact) mass is 480 g/mol. The van der Waals surface area contributed by atoms with Crippen LogP contribution >= 0.6 is 11.8 Å². The summed E-state index contributed by atoms with van der Waals surface area (Å²) < 4.78 is 8.76. The Morgan fingerprint density at radius 1 is 0.943 bits per heavy atom. The average Bonchev–Trinajstić information content (AvgIpc) is 3.30. The number of ether oxygens (including phenoxy) is 1. The largest absolute Gasteiger partial charge is 0.480 e. The number of aryl methyl sites for hydroxylation is 1. The maximum absolute atomic E-state index is 6.75. The van der Waals surface area contributed by atoms with Gasteiger partial charge in [-0.15, -0.1) is 5.10 Å². The van der Waals surface area contributed by atoms with Crippen molar-refractivity contribution in [3.05, 3.63) is 106 Å². The minimum atomic E-state index is -0.255. The summed E-state index contributed by atoms with van der Waals surface area (Å²) in [4.78, 5) is 4.78. The minimum absolute atomic E-state index is 0.140. The molecule has 5 nitrogen and oxygen atoms in total. The molecule has 0 aliphatic carbocycles. The van der Waals surface area contributed by atoms with Crippen molar-refractivity contribution in [2.75, 3.05) is 11.6 Å². The van der Waals surface area contributed by atoms with E-state index in [0.29, 0.717) is 5.92 Å². The molecule has 0 bridgehead atoms. The van der Waals surface area contributed by atoms with Crippen LogP contribution in [0.15, 0.2) is 83.5 Å². The minimum Gasteiger partial charge on any atom is -0.480 e. The summed E-state index contributed by atoms with van der Waals surface area (Å²) in [5, 5.41) is 9.25. The molecule has 6 heteroatoms. The lowest BCUT2D eigenvalue weighted by molar-refractivity contribution is 0.223. The van der Waals surface area contributed by atoms with Crippen LogP contribution in [-0.2, 0) is 0 Å². The second kappa shape index (κ2) is 8.61. The number of hydrogen-bond acceptors (Lipinski definition) is 5. The van der Waals surface area contributed by atoms with Gasteiger partial charge < -0.3 is 10.1 Å². The van der Waals surface area contributed by atoms with Crippen LogP contribution in [0.2, 0.25) is 0 Å². The zero-order valence-corrected chi connectivity index (χ0v) is 21.1. The Labute approximate surface area is 210 Å². The molecule has 1 N–H and O–H groups in total. The van der Waals surface area contributed by atoms with Gasteiger partial charge >= 0.3 is 0 Å². The fourth-order valence-electron chi connectivity index (χ4n) is 4.94. The number of nitrogens with zero attached hydrogens (tertiary/aromatic N) is 3. The molecule has 0 radical (unpaired) electrons. The van der Waals surface area contributed by atoms with Crippen molar-refractivity contribution in [3.8, 4) is 5.75 Å². The molecule has 0 saturated carbocycles. The number of aromatic nitrogens is 3. The predicted octanol–water partition coefficient (Wildman–Crippen LogP) is 6.99. The van der Waals surface area contributed by atoms with Crippen molar-refractivity contribution in [2.24, 2.45) is 0 Å². The molecule has 0 spiro atoms. The second-order valence-corrected chi connectivity index (χ2v) is 10.2. The number of rotatable bonds is 4. The molecule has 0 saturated heterocycles. The van der Waals surface area contributed by atoms with Crippen molar-refractivity contribution in [2.45, 2.75) is 44.0 Å². The van der Waals surface area contributed by atoms with Crippen LogP contribution in [0.4, 0.5) is 5.95 Å². The van der Waals surface area contributed by atoms with E-state index in [1.807, 2.05) is 23.1 Å². The van der Waals surface area contributed by atoms with Crippen molar-refractivity contribution in [3.63, 3.8) is 0 Å². The normalized spacial score (nSPS) is 18.4. The number of thioether (sulfide) groups is 1. The fraction of sp³-hybridized carbons (Fsp3) is 0.241. The highest BCUT2D eigenvalue weighted by molar-refractivity contribution is 7.98. The van der Waals surface area contributed by atoms with E-state index in [0.717, 1.165) is 44.8 Å². The quantitative estimate of drug-likeness (QED) is 0.319. The lowest BCUT2D eigenvalue weighted by Crippen LogP contribution is -2.32. The van der Waals surface area contributed by atoms with E-state index < -0.39 is 0 Å². The molecule has 3 heterocycles. The molecule has 3 aromatic carbocycles. The Balaban J connectivity index is 1.59. The first kappa shape index (κ1) is 22.0. The highest BCUT2D eigenvalue weighted by Gasteiger charge is 2.41. The van der Waals surface area contributed by atoms with E-state index in [4.69, 9.17) is 14.8 Å². The molecule has 6 rings (SSSR count). The Kier molecular flexibility index (Phi) is 5.41. The van der Waals surface area contributed by atoms with Gasteiger partial charge in [0.1, 0.15) is 17.9 Å². The average molecular weight is 481 g/mol. The van der Waals surface area contributed by atoms with Crippen LogP contribution in [0.25, 0.3) is 5.70 Å². The van der Waals surface area contributed by atoms with Gasteiger partial charge in [-0.05, 0) is 47.9 Å². The molecule has 0 fully saturated rings. The third kappa shape index (κ3) is 3.73. The number of fused-ring (bicyclic) bond motifs is 3. The maximum atomic E-state index is 6.75. The number of para-hydroxylation sites is 1. The van der Waals surface area contributed by atoms with Crippen LogP contribution in [0.5, 0.6) is 5.75 Å². The third-order valence-electron chi connectivity index (χ3n) is 6.84. The van der Waals surface area contributed by atoms with Gasteiger partial charge in [-0.3, -0.25) is 0 Å².